The molecule has 1 fully saturated rings. The second-order valence-corrected chi connectivity index (χ2v) is 7.04. The quantitative estimate of drug-likeness (QED) is 0.776. The molecule has 1 N–H and O–H groups in total. The Morgan fingerprint density at radius 1 is 1.44 bits per heavy atom. The summed E-state index contributed by atoms with van der Waals surface area (Å²) in [5.41, 5.74) is 0. The molecule has 1 aliphatic rings. The molecule has 0 aliphatic carbocycles. The third-order valence-corrected chi connectivity index (χ3v) is 6.10. The molecule has 0 saturated carbocycles. The van der Waals surface area contributed by atoms with Crippen LogP contribution in [0.25, 0.3) is 0 Å². The van der Waals surface area contributed by atoms with Gasteiger partial charge < -0.3 is 0 Å². The maximum absolute atomic E-state index is 11.5. The molecular formula is C10H9Br2NO2S. The number of piperidine rings is 1. The summed E-state index contributed by atoms with van der Waals surface area (Å²) < 4.78 is 1.96. The van der Waals surface area contributed by atoms with Gasteiger partial charge in [0, 0.05) is 27.6 Å². The van der Waals surface area contributed by atoms with Crippen molar-refractivity contribution < 1.29 is 9.59 Å². The molecule has 86 valence electrons. The van der Waals surface area contributed by atoms with E-state index in [-0.39, 0.29) is 23.7 Å². The summed E-state index contributed by atoms with van der Waals surface area (Å²) in [6.07, 6.45) is 0.381. The van der Waals surface area contributed by atoms with E-state index in [1.54, 1.807) is 11.3 Å². The van der Waals surface area contributed by atoms with Crippen molar-refractivity contribution in [2.75, 3.05) is 0 Å². The first-order valence-corrected chi connectivity index (χ1v) is 7.17. The summed E-state index contributed by atoms with van der Waals surface area (Å²) in [5, 5.41) is 2.35. The molecule has 0 aromatic carbocycles. The van der Waals surface area contributed by atoms with Crippen LogP contribution in [-0.4, -0.2) is 11.8 Å². The molecule has 1 aliphatic heterocycles. The van der Waals surface area contributed by atoms with Gasteiger partial charge in [-0.15, -0.1) is 11.3 Å². The van der Waals surface area contributed by atoms with Crippen molar-refractivity contribution in [1.29, 1.82) is 0 Å². The zero-order valence-electron chi connectivity index (χ0n) is 8.42. The largest absolute Gasteiger partial charge is 0.296 e. The van der Waals surface area contributed by atoms with Gasteiger partial charge in [-0.2, -0.15) is 0 Å². The lowest BCUT2D eigenvalue weighted by atomic mass is 9.86. The van der Waals surface area contributed by atoms with E-state index in [4.69, 9.17) is 0 Å². The highest BCUT2D eigenvalue weighted by atomic mass is 79.9. The van der Waals surface area contributed by atoms with E-state index >= 15 is 0 Å². The predicted octanol–water partition coefficient (Wildman–Crippen LogP) is 3.04. The van der Waals surface area contributed by atoms with Crippen molar-refractivity contribution in [2.45, 2.75) is 19.3 Å². The minimum absolute atomic E-state index is 0.00569. The van der Waals surface area contributed by atoms with E-state index in [1.165, 1.54) is 0 Å². The van der Waals surface area contributed by atoms with Gasteiger partial charge >= 0.3 is 0 Å². The van der Waals surface area contributed by atoms with E-state index < -0.39 is 0 Å². The van der Waals surface area contributed by atoms with Crippen LogP contribution < -0.4 is 5.32 Å². The van der Waals surface area contributed by atoms with Crippen LogP contribution in [0.3, 0.4) is 0 Å². The number of carbonyl (C=O) groups excluding carboxylic acids is 2. The van der Waals surface area contributed by atoms with Gasteiger partial charge in [0.1, 0.15) is 0 Å². The monoisotopic (exact) mass is 365 g/mol. The summed E-state index contributed by atoms with van der Waals surface area (Å²) in [6.45, 7) is 1.86. The molecule has 1 aromatic rings. The minimum Gasteiger partial charge on any atom is -0.296 e. The molecule has 2 atom stereocenters. The number of rotatable bonds is 1. The topological polar surface area (TPSA) is 46.2 Å². The van der Waals surface area contributed by atoms with Crippen molar-refractivity contribution in [3.63, 3.8) is 0 Å². The smallest absolute Gasteiger partial charge is 0.230 e. The summed E-state index contributed by atoms with van der Waals surface area (Å²) in [6, 6.07) is 1.97. The molecule has 2 rings (SSSR count). The third-order valence-electron chi connectivity index (χ3n) is 2.71. The van der Waals surface area contributed by atoms with Crippen LogP contribution in [-0.2, 0) is 9.59 Å². The van der Waals surface area contributed by atoms with E-state index in [2.05, 4.69) is 37.2 Å². The Hall–Kier alpha value is -0.200. The van der Waals surface area contributed by atoms with Crippen LogP contribution in [0.5, 0.6) is 0 Å². The second-order valence-electron chi connectivity index (χ2n) is 3.78. The van der Waals surface area contributed by atoms with Gasteiger partial charge in [-0.3, -0.25) is 14.9 Å². The van der Waals surface area contributed by atoms with Gasteiger partial charge in [0.25, 0.3) is 0 Å². The van der Waals surface area contributed by atoms with Gasteiger partial charge in [-0.25, -0.2) is 0 Å². The van der Waals surface area contributed by atoms with Crippen LogP contribution in [0.4, 0.5) is 0 Å². The number of imide groups is 1. The fraction of sp³-hybridized carbons (Fsp3) is 0.400. The lowest BCUT2D eigenvalue weighted by Gasteiger charge is -2.26. The van der Waals surface area contributed by atoms with Crippen molar-refractivity contribution in [3.05, 3.63) is 19.2 Å². The van der Waals surface area contributed by atoms with Gasteiger partial charge in [-0.05, 0) is 37.9 Å². The lowest BCUT2D eigenvalue weighted by molar-refractivity contribution is -0.136. The first-order chi connectivity index (χ1) is 7.49. The van der Waals surface area contributed by atoms with Crippen LogP contribution in [0, 0.1) is 5.92 Å². The van der Waals surface area contributed by atoms with E-state index in [1.807, 2.05) is 13.0 Å². The third kappa shape index (κ3) is 2.24. The molecule has 16 heavy (non-hydrogen) atoms. The maximum Gasteiger partial charge on any atom is 0.230 e. The van der Waals surface area contributed by atoms with Crippen LogP contribution in [0.2, 0.25) is 0 Å². The van der Waals surface area contributed by atoms with E-state index in [9.17, 15) is 9.59 Å². The van der Waals surface area contributed by atoms with Crippen LogP contribution in [0.15, 0.2) is 14.3 Å². The molecule has 0 radical (unpaired) electrons. The number of amides is 2. The normalized spacial score (nSPS) is 25.7. The van der Waals surface area contributed by atoms with E-state index in [0.717, 1.165) is 13.1 Å². The summed E-state index contributed by atoms with van der Waals surface area (Å²) >= 11 is 8.40. The molecular weight excluding hydrogens is 358 g/mol. The Kier molecular flexibility index (Phi) is 3.51. The number of hydrogen-bond acceptors (Lipinski definition) is 3. The Morgan fingerprint density at radius 2 is 2.12 bits per heavy atom. The second kappa shape index (κ2) is 4.58. The SMILES string of the molecule is CC1C(=O)NC(=O)CC1c1cc(Br)c(Br)s1. The number of carbonyl (C=O) groups is 2. The number of hydrogen-bond donors (Lipinski definition) is 1. The average Bonchev–Trinajstić information content (AvgIpc) is 2.53. The van der Waals surface area contributed by atoms with Crippen LogP contribution >= 0.6 is 43.2 Å². The van der Waals surface area contributed by atoms with Gasteiger partial charge in [0.05, 0.1) is 3.79 Å². The standard InChI is InChI=1S/C10H9Br2NO2S/c1-4-5(2-8(14)13-10(4)15)7-3-6(11)9(12)16-7/h3-5H,2H2,1H3,(H,13,14,15). The Labute approximate surface area is 114 Å². The van der Waals surface area contributed by atoms with Crippen molar-refractivity contribution in [3.8, 4) is 0 Å². The van der Waals surface area contributed by atoms with Gasteiger partial charge in [0.15, 0.2) is 0 Å². The molecule has 2 amide bonds. The average molecular weight is 367 g/mol. The highest BCUT2D eigenvalue weighted by molar-refractivity contribution is 9.13. The highest BCUT2D eigenvalue weighted by Crippen LogP contribution is 2.41. The number of nitrogens with one attached hydrogen (secondary N) is 1. The molecule has 2 unspecified atom stereocenters. The van der Waals surface area contributed by atoms with Crippen LogP contribution in [0.1, 0.15) is 24.1 Å². The molecule has 0 spiro atoms. The predicted molar refractivity (Wildman–Crippen MR) is 69.4 cm³/mol. The zero-order chi connectivity index (χ0) is 11.9. The molecule has 1 saturated heterocycles. The Bertz CT molecular complexity index is 438. The first kappa shape index (κ1) is 12.3. The summed E-state index contributed by atoms with van der Waals surface area (Å²) in [7, 11) is 0. The number of halogens is 2. The van der Waals surface area contributed by atoms with Crippen molar-refractivity contribution in [2.24, 2.45) is 5.92 Å². The Balaban J connectivity index is 2.31. The number of thiophene rings is 1. The highest BCUT2D eigenvalue weighted by Gasteiger charge is 2.34. The molecule has 6 heteroatoms. The molecule has 2 heterocycles. The van der Waals surface area contributed by atoms with Crippen molar-refractivity contribution >= 4 is 55.0 Å². The van der Waals surface area contributed by atoms with Gasteiger partial charge in [0.2, 0.25) is 11.8 Å². The minimum atomic E-state index is -0.186. The van der Waals surface area contributed by atoms with Gasteiger partial charge in [-0.1, -0.05) is 6.92 Å². The Morgan fingerprint density at radius 3 is 2.69 bits per heavy atom. The first-order valence-electron chi connectivity index (χ1n) is 4.77. The summed E-state index contributed by atoms with van der Waals surface area (Å²) in [4.78, 5) is 23.9. The van der Waals surface area contributed by atoms with Crippen molar-refractivity contribution in [1.82, 2.24) is 5.32 Å². The molecule has 3 nitrogen and oxygen atoms in total. The maximum atomic E-state index is 11.5. The lowest BCUT2D eigenvalue weighted by Crippen LogP contribution is -2.43. The fourth-order valence-electron chi connectivity index (χ4n) is 1.75. The fourth-order valence-corrected chi connectivity index (χ4v) is 4.05. The summed E-state index contributed by atoms with van der Waals surface area (Å²) in [5.74, 6) is -0.528. The molecule has 0 bridgehead atoms. The van der Waals surface area contributed by atoms with E-state index in [0.29, 0.717) is 6.42 Å². The zero-order valence-corrected chi connectivity index (χ0v) is 12.4. The molecule has 1 aromatic heterocycles.